The molecule has 4 aromatic rings. The van der Waals surface area contributed by atoms with E-state index in [9.17, 15) is 39.6 Å². The molecule has 0 radical (unpaired) electrons. The fraction of sp³-hybridized carbons (Fsp3) is 0.364. The molecule has 0 aromatic heterocycles. The molecule has 0 atom stereocenters. The van der Waals surface area contributed by atoms with Crippen LogP contribution in [-0.2, 0) is 21.1 Å². The molecular weight excluding hydrogens is 816 g/mol. The van der Waals surface area contributed by atoms with Crippen LogP contribution in [0.25, 0.3) is 0 Å². The first kappa shape index (κ1) is 51.6. The number of carbonyl (C=O) groups is 4. The number of carboxylic acids is 4. The van der Waals surface area contributed by atoms with Crippen molar-refractivity contribution in [3.8, 4) is 23.0 Å². The average molecular weight is 869 g/mol. The topological polar surface area (TPSA) is 197 Å². The Labute approximate surface area is 350 Å². The maximum absolute atomic E-state index is 10.7. The number of para-hydroxylation sites is 4. The Morgan fingerprint density at radius 1 is 0.368 bits per heavy atom. The van der Waals surface area contributed by atoms with E-state index in [0.717, 1.165) is 51.4 Å². The van der Waals surface area contributed by atoms with E-state index in [0.29, 0.717) is 49.4 Å². The normalized spacial score (nSPS) is 9.61. The van der Waals surface area contributed by atoms with Crippen molar-refractivity contribution in [3.05, 3.63) is 119 Å². The van der Waals surface area contributed by atoms with Crippen LogP contribution in [0.3, 0.4) is 0 Å². The standard InChI is InChI=1S/4C11H14O3.Mo/c4*1-2-3-8-14-10-7-5-4-6-9(10)11(12)13;/h4*4-7H,2-3,8H2,1H3,(H,12,13);/q;;;;+4/p-4. The van der Waals surface area contributed by atoms with Gasteiger partial charge < -0.3 is 58.6 Å². The van der Waals surface area contributed by atoms with E-state index in [1.54, 1.807) is 72.8 Å². The van der Waals surface area contributed by atoms with Gasteiger partial charge in [-0.05, 0) is 74.2 Å². The van der Waals surface area contributed by atoms with Crippen LogP contribution in [0.2, 0.25) is 0 Å². The van der Waals surface area contributed by atoms with Crippen LogP contribution in [0.1, 0.15) is 120 Å². The van der Waals surface area contributed by atoms with Crippen molar-refractivity contribution < 1.29 is 79.6 Å². The molecule has 0 amide bonds. The van der Waals surface area contributed by atoms with Gasteiger partial charge in [-0.25, -0.2) is 0 Å². The molecule has 0 aliphatic carbocycles. The number of hydrogen-bond acceptors (Lipinski definition) is 12. The monoisotopic (exact) mass is 870 g/mol. The third kappa shape index (κ3) is 21.5. The summed E-state index contributed by atoms with van der Waals surface area (Å²) in [5.41, 5.74) is 0.458. The predicted molar refractivity (Wildman–Crippen MR) is 205 cm³/mol. The first-order valence-corrected chi connectivity index (χ1v) is 18.7. The molecular formula is C44H52MoO12. The molecule has 0 aliphatic heterocycles. The maximum atomic E-state index is 10.7. The Kier molecular flexibility index (Phi) is 28.8. The third-order valence-corrected chi connectivity index (χ3v) is 7.45. The summed E-state index contributed by atoms with van der Waals surface area (Å²) < 4.78 is 21.3. The zero-order valence-corrected chi connectivity index (χ0v) is 35.0. The van der Waals surface area contributed by atoms with Crippen LogP contribution in [0.5, 0.6) is 23.0 Å². The quantitative estimate of drug-likeness (QED) is 0.0861. The molecule has 0 heterocycles. The van der Waals surface area contributed by atoms with Gasteiger partial charge in [-0.2, -0.15) is 0 Å². The Morgan fingerprint density at radius 2 is 0.544 bits per heavy atom. The van der Waals surface area contributed by atoms with Crippen molar-refractivity contribution in [2.75, 3.05) is 26.4 Å². The van der Waals surface area contributed by atoms with Crippen molar-refractivity contribution in [2.24, 2.45) is 0 Å². The van der Waals surface area contributed by atoms with Crippen LogP contribution in [0, 0.1) is 0 Å². The summed E-state index contributed by atoms with van der Waals surface area (Å²) in [6.45, 7) is 10.4. The van der Waals surface area contributed by atoms with Crippen LogP contribution in [0.4, 0.5) is 0 Å². The third-order valence-electron chi connectivity index (χ3n) is 7.45. The molecule has 12 nitrogen and oxygen atoms in total. The Hall–Kier alpha value is -5.35. The summed E-state index contributed by atoms with van der Waals surface area (Å²) >= 11 is 0. The number of carboxylic acid groups (broad SMARTS) is 4. The minimum atomic E-state index is -1.20. The zero-order chi connectivity index (χ0) is 41.6. The fourth-order valence-electron chi connectivity index (χ4n) is 4.35. The maximum Gasteiger partial charge on any atom is 4.00 e. The molecule has 0 bridgehead atoms. The molecule has 0 saturated heterocycles. The van der Waals surface area contributed by atoms with Gasteiger partial charge >= 0.3 is 21.1 Å². The number of rotatable bonds is 20. The number of aromatic carboxylic acids is 4. The summed E-state index contributed by atoms with van der Waals surface area (Å²) in [6.07, 6.45) is 7.76. The van der Waals surface area contributed by atoms with Crippen molar-refractivity contribution in [2.45, 2.75) is 79.1 Å². The molecule has 13 heteroatoms. The fourth-order valence-corrected chi connectivity index (χ4v) is 4.35. The minimum absolute atomic E-state index is 0. The van der Waals surface area contributed by atoms with Gasteiger partial charge in [0.1, 0.15) is 23.0 Å². The molecule has 0 aliphatic rings. The van der Waals surface area contributed by atoms with Crippen molar-refractivity contribution >= 4 is 23.9 Å². The van der Waals surface area contributed by atoms with Gasteiger partial charge in [0.15, 0.2) is 0 Å². The summed E-state index contributed by atoms with van der Waals surface area (Å²) in [7, 11) is 0. The number of carbonyl (C=O) groups excluding carboxylic acids is 4. The molecule has 57 heavy (non-hydrogen) atoms. The van der Waals surface area contributed by atoms with Gasteiger partial charge in [0, 0.05) is 22.3 Å². The smallest absolute Gasteiger partial charge is 0.545 e. The first-order valence-electron chi connectivity index (χ1n) is 18.7. The van der Waals surface area contributed by atoms with Crippen LogP contribution >= 0.6 is 0 Å². The van der Waals surface area contributed by atoms with E-state index < -0.39 is 23.9 Å². The molecule has 0 N–H and O–H groups in total. The van der Waals surface area contributed by atoms with Crippen molar-refractivity contribution in [1.29, 1.82) is 0 Å². The van der Waals surface area contributed by atoms with E-state index in [-0.39, 0.29) is 43.3 Å². The minimum Gasteiger partial charge on any atom is -0.545 e. The second-order valence-electron chi connectivity index (χ2n) is 11.9. The molecule has 0 spiro atoms. The number of hydrogen-bond donors (Lipinski definition) is 0. The number of benzene rings is 4. The summed E-state index contributed by atoms with van der Waals surface area (Å²) in [5, 5.41) is 42.7. The van der Waals surface area contributed by atoms with Crippen molar-refractivity contribution in [3.63, 3.8) is 0 Å². The van der Waals surface area contributed by atoms with E-state index in [1.807, 2.05) is 27.7 Å². The summed E-state index contributed by atoms with van der Waals surface area (Å²) in [4.78, 5) is 42.7. The molecule has 0 saturated carbocycles. The molecule has 0 unspecified atom stereocenters. The van der Waals surface area contributed by atoms with E-state index >= 15 is 0 Å². The molecule has 306 valence electrons. The summed E-state index contributed by atoms with van der Waals surface area (Å²) in [5.74, 6) is -3.23. The van der Waals surface area contributed by atoms with E-state index in [4.69, 9.17) is 18.9 Å². The number of ether oxygens (including phenoxy) is 4. The Bertz CT molecular complexity index is 1490. The largest absolute Gasteiger partial charge is 4.00 e. The molecule has 4 rings (SSSR count). The second kappa shape index (κ2) is 31.8. The van der Waals surface area contributed by atoms with Gasteiger partial charge in [0.05, 0.1) is 50.3 Å². The number of unbranched alkanes of at least 4 members (excludes halogenated alkanes) is 4. The van der Waals surface area contributed by atoms with E-state index in [1.165, 1.54) is 24.3 Å². The van der Waals surface area contributed by atoms with Gasteiger partial charge in [0.25, 0.3) is 0 Å². The van der Waals surface area contributed by atoms with Gasteiger partial charge in [-0.15, -0.1) is 0 Å². The first-order chi connectivity index (χ1) is 27.0. The van der Waals surface area contributed by atoms with Gasteiger partial charge in [-0.3, -0.25) is 0 Å². The van der Waals surface area contributed by atoms with Gasteiger partial charge in [-0.1, -0.05) is 102 Å². The van der Waals surface area contributed by atoms with Crippen molar-refractivity contribution in [1.82, 2.24) is 0 Å². The van der Waals surface area contributed by atoms with Gasteiger partial charge in [0.2, 0.25) is 0 Å². The SMILES string of the molecule is CCCCOc1ccccc1C(=O)[O-].CCCCOc1ccccc1C(=O)[O-].CCCCOc1ccccc1C(=O)[O-].CCCCOc1ccccc1C(=O)[O-].[Mo+4]. The average Bonchev–Trinajstić information content (AvgIpc) is 3.19. The predicted octanol–water partition coefficient (Wildman–Crippen LogP) is 4.91. The molecule has 4 aromatic carbocycles. The summed E-state index contributed by atoms with van der Waals surface area (Å²) in [6, 6.07) is 26.1. The molecule has 0 fully saturated rings. The van der Waals surface area contributed by atoms with E-state index in [2.05, 4.69) is 0 Å². The zero-order valence-electron chi connectivity index (χ0n) is 33.0. The van der Waals surface area contributed by atoms with Crippen LogP contribution < -0.4 is 39.4 Å². The second-order valence-corrected chi connectivity index (χ2v) is 11.9. The Balaban J connectivity index is 0.000000729. The Morgan fingerprint density at radius 3 is 0.702 bits per heavy atom. The van der Waals surface area contributed by atoms with Crippen LogP contribution in [0.15, 0.2) is 97.1 Å². The van der Waals surface area contributed by atoms with Crippen LogP contribution in [-0.4, -0.2) is 50.3 Å².